The normalized spacial score (nSPS) is 21.2. The summed E-state index contributed by atoms with van der Waals surface area (Å²) in [5.74, 6) is 1.95. The molecule has 2 saturated heterocycles. The lowest BCUT2D eigenvalue weighted by Gasteiger charge is -2.37. The van der Waals surface area contributed by atoms with Crippen LogP contribution in [0.4, 0.5) is 0 Å². The molecule has 1 aromatic rings. The van der Waals surface area contributed by atoms with Gasteiger partial charge in [-0.15, -0.1) is 24.0 Å². The van der Waals surface area contributed by atoms with Crippen molar-refractivity contribution in [3.8, 4) is 0 Å². The van der Waals surface area contributed by atoms with Gasteiger partial charge >= 0.3 is 0 Å². The fourth-order valence-corrected chi connectivity index (χ4v) is 3.70. The van der Waals surface area contributed by atoms with Crippen LogP contribution in [0.1, 0.15) is 31.6 Å². The third kappa shape index (κ3) is 6.32. The summed E-state index contributed by atoms with van der Waals surface area (Å²) in [4.78, 5) is 23.7. The van der Waals surface area contributed by atoms with E-state index in [9.17, 15) is 4.79 Å². The molecule has 2 aliphatic rings. The van der Waals surface area contributed by atoms with Crippen LogP contribution < -0.4 is 5.32 Å². The van der Waals surface area contributed by atoms with Crippen molar-refractivity contribution in [2.24, 2.45) is 4.99 Å². The van der Waals surface area contributed by atoms with Crippen LogP contribution in [0, 0.1) is 0 Å². The molecular weight excluding hydrogens is 485 g/mol. The van der Waals surface area contributed by atoms with Gasteiger partial charge in [-0.05, 0) is 46.0 Å². The highest BCUT2D eigenvalue weighted by Gasteiger charge is 2.31. The number of hydrogen-bond donors (Lipinski definition) is 1. The first-order chi connectivity index (χ1) is 13.6. The van der Waals surface area contributed by atoms with Crippen molar-refractivity contribution in [1.29, 1.82) is 0 Å². The topological polar surface area (TPSA) is 73.6 Å². The van der Waals surface area contributed by atoms with Gasteiger partial charge in [-0.25, -0.2) is 0 Å². The maximum Gasteiger partial charge on any atom is 0.251 e. The van der Waals surface area contributed by atoms with Gasteiger partial charge in [0.2, 0.25) is 0 Å². The average Bonchev–Trinajstić information content (AvgIpc) is 3.41. The van der Waals surface area contributed by atoms with E-state index in [1.165, 1.54) is 0 Å². The molecule has 0 bridgehead atoms. The molecule has 0 aliphatic carbocycles. The van der Waals surface area contributed by atoms with E-state index in [1.54, 1.807) is 6.26 Å². The zero-order chi connectivity index (χ0) is 19.9. The average molecular weight is 519 g/mol. The molecule has 164 valence electrons. The van der Waals surface area contributed by atoms with E-state index in [-0.39, 0.29) is 42.0 Å². The Hall–Kier alpha value is -1.33. The van der Waals surface area contributed by atoms with Crippen molar-refractivity contribution < 1.29 is 13.9 Å². The second-order valence-corrected chi connectivity index (χ2v) is 7.50. The summed E-state index contributed by atoms with van der Waals surface area (Å²) in [6, 6.07) is 3.99. The second-order valence-electron chi connectivity index (χ2n) is 7.50. The van der Waals surface area contributed by atoms with Crippen LogP contribution in [-0.2, 0) is 9.53 Å². The molecule has 8 nitrogen and oxygen atoms in total. The fourth-order valence-electron chi connectivity index (χ4n) is 3.70. The third-order valence-corrected chi connectivity index (χ3v) is 5.34. The van der Waals surface area contributed by atoms with E-state index in [1.807, 2.05) is 31.1 Å². The highest BCUT2D eigenvalue weighted by Crippen LogP contribution is 2.19. The van der Waals surface area contributed by atoms with Crippen LogP contribution in [0.15, 0.2) is 27.8 Å². The molecule has 1 aromatic heterocycles. The molecule has 3 heterocycles. The smallest absolute Gasteiger partial charge is 0.251 e. The predicted molar refractivity (Wildman–Crippen MR) is 124 cm³/mol. The minimum absolute atomic E-state index is 0. The SMILES string of the molecule is CCNC(=NCC(c1ccco1)N(C)C)N1CCN(C(=O)C2CCCO2)CC1.I. The van der Waals surface area contributed by atoms with Gasteiger partial charge in [0.15, 0.2) is 5.96 Å². The van der Waals surface area contributed by atoms with Gasteiger partial charge in [0.1, 0.15) is 11.9 Å². The first-order valence-electron chi connectivity index (χ1n) is 10.2. The summed E-state index contributed by atoms with van der Waals surface area (Å²) in [7, 11) is 4.07. The Morgan fingerprint density at radius 1 is 1.31 bits per heavy atom. The van der Waals surface area contributed by atoms with E-state index in [2.05, 4.69) is 22.0 Å². The van der Waals surface area contributed by atoms with Crippen LogP contribution >= 0.6 is 24.0 Å². The van der Waals surface area contributed by atoms with Gasteiger partial charge in [-0.2, -0.15) is 0 Å². The third-order valence-electron chi connectivity index (χ3n) is 5.34. The maximum atomic E-state index is 12.5. The number of ether oxygens (including phenoxy) is 1. The number of halogens is 1. The number of nitrogens with zero attached hydrogens (tertiary/aromatic N) is 4. The van der Waals surface area contributed by atoms with E-state index in [0.717, 1.165) is 44.2 Å². The number of guanidine groups is 1. The zero-order valence-electron chi connectivity index (χ0n) is 17.7. The minimum atomic E-state index is -0.234. The van der Waals surface area contributed by atoms with Crippen molar-refractivity contribution in [1.82, 2.24) is 20.0 Å². The van der Waals surface area contributed by atoms with Gasteiger partial charge in [0, 0.05) is 39.3 Å². The molecule has 0 radical (unpaired) electrons. The molecule has 1 N–H and O–H groups in total. The molecule has 3 rings (SSSR count). The van der Waals surface area contributed by atoms with Crippen molar-refractivity contribution in [3.63, 3.8) is 0 Å². The number of rotatable bonds is 6. The van der Waals surface area contributed by atoms with Crippen molar-refractivity contribution in [3.05, 3.63) is 24.2 Å². The number of aliphatic imine (C=N–C) groups is 1. The molecule has 2 unspecified atom stereocenters. The Morgan fingerprint density at radius 2 is 2.03 bits per heavy atom. The quantitative estimate of drug-likeness (QED) is 0.351. The lowest BCUT2D eigenvalue weighted by molar-refractivity contribution is -0.142. The number of carbonyl (C=O) groups is 1. The number of hydrogen-bond acceptors (Lipinski definition) is 5. The lowest BCUT2D eigenvalue weighted by atomic mass is 10.2. The number of piperazine rings is 1. The van der Waals surface area contributed by atoms with Crippen LogP contribution in [0.3, 0.4) is 0 Å². The zero-order valence-corrected chi connectivity index (χ0v) is 20.0. The van der Waals surface area contributed by atoms with Crippen molar-refractivity contribution in [2.45, 2.75) is 31.9 Å². The number of furan rings is 1. The highest BCUT2D eigenvalue weighted by molar-refractivity contribution is 14.0. The van der Waals surface area contributed by atoms with Crippen molar-refractivity contribution >= 4 is 35.8 Å². The van der Waals surface area contributed by atoms with Crippen molar-refractivity contribution in [2.75, 3.05) is 60.0 Å². The van der Waals surface area contributed by atoms with Gasteiger partial charge in [-0.1, -0.05) is 0 Å². The minimum Gasteiger partial charge on any atom is -0.468 e. The summed E-state index contributed by atoms with van der Waals surface area (Å²) in [5.41, 5.74) is 0. The largest absolute Gasteiger partial charge is 0.468 e. The first-order valence-corrected chi connectivity index (χ1v) is 10.2. The molecule has 0 spiro atoms. The maximum absolute atomic E-state index is 12.5. The second kappa shape index (κ2) is 11.8. The van der Waals surface area contributed by atoms with Crippen LogP contribution in [-0.4, -0.2) is 92.6 Å². The van der Waals surface area contributed by atoms with E-state index < -0.39 is 0 Å². The van der Waals surface area contributed by atoms with E-state index in [4.69, 9.17) is 14.1 Å². The summed E-state index contributed by atoms with van der Waals surface area (Å²) >= 11 is 0. The Balaban J connectivity index is 0.00000300. The summed E-state index contributed by atoms with van der Waals surface area (Å²) < 4.78 is 11.1. The van der Waals surface area contributed by atoms with E-state index >= 15 is 0 Å². The standard InChI is InChI=1S/C20H33N5O3.HI/c1-4-21-20(22-15-16(23(2)3)17-7-5-13-27-17)25-11-9-24(10-12-25)19(26)18-8-6-14-28-18;/h5,7,13,16,18H,4,6,8-12,14-15H2,1-3H3,(H,21,22);1H. The molecule has 2 aliphatic heterocycles. The van der Waals surface area contributed by atoms with E-state index in [0.29, 0.717) is 26.2 Å². The molecule has 1 amide bonds. The molecule has 9 heteroatoms. The molecule has 2 fully saturated rings. The molecular formula is C20H34IN5O3. The first kappa shape index (κ1) is 23.9. The monoisotopic (exact) mass is 519 g/mol. The van der Waals surface area contributed by atoms with Gasteiger partial charge in [0.05, 0.1) is 18.8 Å². The Labute approximate surface area is 190 Å². The van der Waals surface area contributed by atoms with Crippen LogP contribution in [0.5, 0.6) is 0 Å². The Morgan fingerprint density at radius 3 is 2.59 bits per heavy atom. The number of likely N-dealkylation sites (N-methyl/N-ethyl adjacent to an activating group) is 1. The molecule has 2 atom stereocenters. The number of nitrogens with one attached hydrogen (secondary N) is 1. The molecule has 0 aromatic carbocycles. The lowest BCUT2D eigenvalue weighted by Crippen LogP contribution is -2.55. The fraction of sp³-hybridized carbons (Fsp3) is 0.700. The molecule has 29 heavy (non-hydrogen) atoms. The summed E-state index contributed by atoms with van der Waals surface area (Å²) in [6.45, 7) is 7.16. The number of carbonyl (C=O) groups excluding carboxylic acids is 1. The summed E-state index contributed by atoms with van der Waals surface area (Å²) in [6.07, 6.45) is 3.30. The summed E-state index contributed by atoms with van der Waals surface area (Å²) in [5, 5.41) is 3.39. The van der Waals surface area contributed by atoms with Crippen LogP contribution in [0.25, 0.3) is 0 Å². The Bertz CT molecular complexity index is 639. The van der Waals surface area contributed by atoms with Gasteiger partial charge in [0.25, 0.3) is 5.91 Å². The predicted octanol–water partition coefficient (Wildman–Crippen LogP) is 1.79. The van der Waals surface area contributed by atoms with Gasteiger partial charge in [-0.3, -0.25) is 14.7 Å². The Kier molecular flexibility index (Phi) is 9.70. The van der Waals surface area contributed by atoms with Crippen LogP contribution in [0.2, 0.25) is 0 Å². The highest BCUT2D eigenvalue weighted by atomic mass is 127. The number of amides is 1. The molecule has 0 saturated carbocycles. The van der Waals surface area contributed by atoms with Gasteiger partial charge < -0.3 is 24.3 Å².